The lowest BCUT2D eigenvalue weighted by Gasteiger charge is -2.62. The summed E-state index contributed by atoms with van der Waals surface area (Å²) in [5.74, 6) is -12.7. The molecular weight excluding hydrogens is 712 g/mol. The Balaban J connectivity index is 2.17. The molecule has 1 aromatic heterocycles. The van der Waals surface area contributed by atoms with Crippen molar-refractivity contribution in [1.29, 1.82) is 0 Å². The largest absolute Gasteiger partial charge is 0.481 e. The molecule has 16 heteroatoms. The van der Waals surface area contributed by atoms with E-state index >= 15 is 0 Å². The highest BCUT2D eigenvalue weighted by molar-refractivity contribution is 5.79. The molecule has 0 aromatic carbocycles. The topological polar surface area (TPSA) is 243 Å². The second kappa shape index (κ2) is 15.5. The van der Waals surface area contributed by atoms with E-state index in [-0.39, 0.29) is 12.0 Å². The number of rotatable bonds is 14. The SMILES string of the molecule is C=C1[C@@H]([C@](C)([C@H]2CC(=O)O[C@]2(C)CO)[C@@H](CC(=O)OC)OC(C)=O)[C@H](C(=O)O)[C@H](OC(=O)[C@H](O)[C@@H](C)CC)[C@@]2(C)[C@H](c3ccoc3)C[C@H](OC(C)=O)[C@]12O. The summed E-state index contributed by atoms with van der Waals surface area (Å²) in [5.41, 5.74) is -7.99. The number of hydrogen-bond acceptors (Lipinski definition) is 15. The van der Waals surface area contributed by atoms with Crippen LogP contribution in [0.1, 0.15) is 85.6 Å². The van der Waals surface area contributed by atoms with Crippen LogP contribution in [0.15, 0.2) is 35.2 Å². The molecule has 0 unspecified atom stereocenters. The number of aliphatic carboxylic acids is 1. The first kappa shape index (κ1) is 42.5. The van der Waals surface area contributed by atoms with Crippen LogP contribution in [0, 0.1) is 34.5 Å². The van der Waals surface area contributed by atoms with E-state index in [1.807, 2.05) is 0 Å². The van der Waals surface area contributed by atoms with Gasteiger partial charge < -0.3 is 48.5 Å². The zero-order valence-corrected chi connectivity index (χ0v) is 31.9. The third-order valence-corrected chi connectivity index (χ3v) is 12.6. The molecule has 4 N–H and O–H groups in total. The quantitative estimate of drug-likeness (QED) is 0.121. The zero-order chi connectivity index (χ0) is 40.7. The lowest BCUT2D eigenvalue weighted by Crippen LogP contribution is -2.71. The highest BCUT2D eigenvalue weighted by Gasteiger charge is 2.78. The number of hydrogen-bond donors (Lipinski definition) is 4. The number of cyclic esters (lactones) is 1. The van der Waals surface area contributed by atoms with Crippen molar-refractivity contribution in [3.05, 3.63) is 36.3 Å². The van der Waals surface area contributed by atoms with Gasteiger partial charge in [0.05, 0.1) is 39.1 Å². The third-order valence-electron chi connectivity index (χ3n) is 12.6. The molecule has 4 rings (SSSR count). The molecule has 2 aliphatic carbocycles. The normalized spacial score (nSPS) is 34.7. The van der Waals surface area contributed by atoms with Crippen LogP contribution in [-0.4, -0.2) is 106 Å². The molecule has 300 valence electrons. The number of fused-ring (bicyclic) bond motifs is 1. The summed E-state index contributed by atoms with van der Waals surface area (Å²) in [5, 5.41) is 46.5. The third kappa shape index (κ3) is 6.80. The molecule has 1 aliphatic heterocycles. The first-order valence-electron chi connectivity index (χ1n) is 17.9. The van der Waals surface area contributed by atoms with Crippen LogP contribution in [-0.2, 0) is 52.5 Å². The van der Waals surface area contributed by atoms with Gasteiger partial charge in [-0.25, -0.2) is 4.79 Å². The number of carbonyl (C=O) groups excluding carboxylic acids is 5. The number of methoxy groups -OCH3 is 1. The first-order valence-corrected chi connectivity index (χ1v) is 17.9. The van der Waals surface area contributed by atoms with Crippen molar-refractivity contribution in [3.8, 4) is 0 Å². The number of carboxylic acids is 1. The van der Waals surface area contributed by atoms with Gasteiger partial charge in [-0.15, -0.1) is 0 Å². The monoisotopic (exact) mass is 764 g/mol. The molecule has 0 bridgehead atoms. The van der Waals surface area contributed by atoms with Crippen LogP contribution in [0.3, 0.4) is 0 Å². The average Bonchev–Trinajstić information content (AvgIpc) is 3.80. The van der Waals surface area contributed by atoms with E-state index in [4.69, 9.17) is 28.1 Å². The molecule has 0 radical (unpaired) electrons. The van der Waals surface area contributed by atoms with Crippen LogP contribution >= 0.6 is 0 Å². The molecule has 2 heterocycles. The van der Waals surface area contributed by atoms with E-state index in [2.05, 4.69) is 6.58 Å². The lowest BCUT2D eigenvalue weighted by atomic mass is 9.44. The van der Waals surface area contributed by atoms with Crippen molar-refractivity contribution in [2.24, 2.45) is 34.5 Å². The Labute approximate surface area is 313 Å². The number of aliphatic hydroxyl groups is 3. The van der Waals surface area contributed by atoms with Crippen molar-refractivity contribution in [3.63, 3.8) is 0 Å². The molecule has 2 saturated carbocycles. The molecule has 3 fully saturated rings. The van der Waals surface area contributed by atoms with Crippen LogP contribution < -0.4 is 0 Å². The van der Waals surface area contributed by atoms with Gasteiger partial charge in [-0.2, -0.15) is 0 Å². The summed E-state index contributed by atoms with van der Waals surface area (Å²) in [6, 6.07) is 1.56. The number of ether oxygens (including phenoxy) is 5. The zero-order valence-electron chi connectivity index (χ0n) is 31.9. The molecular formula is C38H52O16. The highest BCUT2D eigenvalue weighted by Crippen LogP contribution is 2.70. The molecule has 16 nitrogen and oxygen atoms in total. The minimum atomic E-state index is -2.46. The van der Waals surface area contributed by atoms with Crippen LogP contribution in [0.2, 0.25) is 0 Å². The van der Waals surface area contributed by atoms with Crippen molar-refractivity contribution in [2.45, 2.75) is 116 Å². The van der Waals surface area contributed by atoms with E-state index in [1.165, 1.54) is 33.3 Å². The standard InChI is InChI=1S/C38H52O16/c1-10-18(2)31(44)34(47)53-32-29(33(45)46)30(19(3)38(48)26(52-21(5)41)13-23(37(32,38)8)22-11-12-50-16-22)36(7,24-14-28(43)54-35(24,6)17-39)25(51-20(4)40)15-27(42)49-9/h11-12,16,18,23-26,29-32,39,44,48H,3,10,13-15,17H2,1-2,4-9H3,(H,45,46)/t18-,23-,24-,25+,26-,29-,30+,31+,32-,35+,36+,37+,38+/m0/s1. The fraction of sp³-hybridized carbons (Fsp3) is 0.684. The van der Waals surface area contributed by atoms with Crippen molar-refractivity contribution in [1.82, 2.24) is 0 Å². The summed E-state index contributed by atoms with van der Waals surface area (Å²) < 4.78 is 33.6. The van der Waals surface area contributed by atoms with E-state index < -0.39 is 131 Å². The van der Waals surface area contributed by atoms with Gasteiger partial charge in [0.1, 0.15) is 35.4 Å². The molecule has 0 amide bonds. The van der Waals surface area contributed by atoms with Gasteiger partial charge in [0, 0.05) is 42.4 Å². The summed E-state index contributed by atoms with van der Waals surface area (Å²) in [6.07, 6.45) is -5.03. The van der Waals surface area contributed by atoms with Gasteiger partial charge in [0.15, 0.2) is 6.10 Å². The molecule has 1 aromatic rings. The number of esters is 5. The van der Waals surface area contributed by atoms with E-state index in [1.54, 1.807) is 19.9 Å². The van der Waals surface area contributed by atoms with E-state index in [0.29, 0.717) is 12.0 Å². The maximum Gasteiger partial charge on any atom is 0.335 e. The first-order chi connectivity index (χ1) is 25.1. The Morgan fingerprint density at radius 1 is 1.13 bits per heavy atom. The highest BCUT2D eigenvalue weighted by atomic mass is 16.6. The van der Waals surface area contributed by atoms with Gasteiger partial charge >= 0.3 is 35.8 Å². The van der Waals surface area contributed by atoms with Crippen molar-refractivity contribution in [2.75, 3.05) is 13.7 Å². The number of aliphatic hydroxyl groups excluding tert-OH is 2. The van der Waals surface area contributed by atoms with Crippen LogP contribution in [0.25, 0.3) is 0 Å². The Hall–Kier alpha value is -4.28. The van der Waals surface area contributed by atoms with Gasteiger partial charge in [-0.3, -0.25) is 24.0 Å². The molecule has 1 saturated heterocycles. The molecule has 54 heavy (non-hydrogen) atoms. The predicted octanol–water partition coefficient (Wildman–Crippen LogP) is 2.46. The van der Waals surface area contributed by atoms with Gasteiger partial charge in [0.2, 0.25) is 0 Å². The van der Waals surface area contributed by atoms with Crippen molar-refractivity contribution < 1.29 is 77.3 Å². The van der Waals surface area contributed by atoms with E-state index in [9.17, 15) is 49.2 Å². The lowest BCUT2D eigenvalue weighted by molar-refractivity contribution is -0.237. The van der Waals surface area contributed by atoms with Crippen LogP contribution in [0.4, 0.5) is 0 Å². The predicted molar refractivity (Wildman–Crippen MR) is 184 cm³/mol. The summed E-state index contributed by atoms with van der Waals surface area (Å²) in [6.45, 7) is 13.2. The molecule has 3 aliphatic rings. The Morgan fingerprint density at radius 2 is 1.78 bits per heavy atom. The van der Waals surface area contributed by atoms with Gasteiger partial charge in [-0.05, 0) is 36.5 Å². The Kier molecular flexibility index (Phi) is 12.2. The number of furan rings is 1. The van der Waals surface area contributed by atoms with Crippen molar-refractivity contribution >= 4 is 35.8 Å². The number of carboxylic acid groups (broad SMARTS) is 1. The maximum atomic E-state index is 14.0. The minimum absolute atomic E-state index is 0.155. The molecule has 13 atom stereocenters. The minimum Gasteiger partial charge on any atom is -0.481 e. The van der Waals surface area contributed by atoms with Crippen LogP contribution in [0.5, 0.6) is 0 Å². The maximum absolute atomic E-state index is 14.0. The summed E-state index contributed by atoms with van der Waals surface area (Å²) in [7, 11) is 1.08. The van der Waals surface area contributed by atoms with Gasteiger partial charge in [0.25, 0.3) is 0 Å². The fourth-order valence-corrected chi connectivity index (χ4v) is 9.62. The Bertz CT molecular complexity index is 1640. The van der Waals surface area contributed by atoms with Gasteiger partial charge in [-0.1, -0.05) is 40.7 Å². The smallest absolute Gasteiger partial charge is 0.335 e. The second-order valence-corrected chi connectivity index (χ2v) is 15.5. The molecule has 0 spiro atoms. The summed E-state index contributed by atoms with van der Waals surface area (Å²) >= 11 is 0. The number of carbonyl (C=O) groups is 6. The van der Waals surface area contributed by atoms with E-state index in [0.717, 1.165) is 21.0 Å². The summed E-state index contributed by atoms with van der Waals surface area (Å²) in [4.78, 5) is 79.6. The fourth-order valence-electron chi connectivity index (χ4n) is 9.62. The average molecular weight is 765 g/mol. The second-order valence-electron chi connectivity index (χ2n) is 15.5. The Morgan fingerprint density at radius 3 is 2.28 bits per heavy atom.